The molecule has 2 heterocycles. The van der Waals surface area contributed by atoms with Crippen molar-refractivity contribution in [1.82, 2.24) is 25.5 Å². The molecule has 4 rings (SSSR count). The number of carbonyl (C=O) groups excluding carboxylic acids is 3. The van der Waals surface area contributed by atoms with Crippen molar-refractivity contribution in [3.05, 3.63) is 48.3 Å². The highest BCUT2D eigenvalue weighted by Crippen LogP contribution is 2.34. The summed E-state index contributed by atoms with van der Waals surface area (Å²) < 4.78 is 33.3. The normalized spacial score (nSPS) is 16.1. The maximum Gasteiger partial charge on any atom is 0.247 e. The molecule has 44 heavy (non-hydrogen) atoms. The average Bonchev–Trinajstić information content (AvgIpc) is 3.46. The summed E-state index contributed by atoms with van der Waals surface area (Å²) in [6.45, 7) is 7.63. The van der Waals surface area contributed by atoms with E-state index in [-0.39, 0.29) is 35.7 Å². The number of halogens is 3. The van der Waals surface area contributed by atoms with Crippen LogP contribution in [0.3, 0.4) is 0 Å². The summed E-state index contributed by atoms with van der Waals surface area (Å²) >= 11 is 0. The lowest BCUT2D eigenvalue weighted by Gasteiger charge is -2.36. The third kappa shape index (κ3) is 7.51. The van der Waals surface area contributed by atoms with E-state index in [2.05, 4.69) is 31.2 Å². The molecule has 1 aliphatic rings. The van der Waals surface area contributed by atoms with Crippen LogP contribution in [0.5, 0.6) is 5.75 Å². The van der Waals surface area contributed by atoms with Crippen molar-refractivity contribution >= 4 is 58.2 Å². The van der Waals surface area contributed by atoms with Gasteiger partial charge in [-0.3, -0.25) is 14.4 Å². The lowest BCUT2D eigenvalue weighted by Crippen LogP contribution is -2.59. The first-order chi connectivity index (χ1) is 20.3. The van der Waals surface area contributed by atoms with Crippen molar-refractivity contribution in [2.75, 3.05) is 31.3 Å². The number of rotatable bonds is 9. The third-order valence-corrected chi connectivity index (χ3v) is 7.46. The van der Waals surface area contributed by atoms with Crippen molar-refractivity contribution in [2.24, 2.45) is 5.41 Å². The molecule has 1 saturated heterocycles. The number of amides is 3. The summed E-state index contributed by atoms with van der Waals surface area (Å²) in [5, 5.41) is 11.9. The van der Waals surface area contributed by atoms with E-state index in [4.69, 9.17) is 4.74 Å². The van der Waals surface area contributed by atoms with E-state index in [1.807, 2.05) is 20.8 Å². The number of nitrogens with one attached hydrogen (secondary N) is 4. The Morgan fingerprint density at radius 1 is 1.09 bits per heavy atom. The fourth-order valence-corrected chi connectivity index (χ4v) is 4.90. The number of aromatic nitrogens is 2. The van der Waals surface area contributed by atoms with E-state index in [1.54, 1.807) is 26.1 Å². The molecule has 3 amide bonds. The highest BCUT2D eigenvalue weighted by molar-refractivity contribution is 6.03. The topological polar surface area (TPSA) is 138 Å². The maximum atomic E-state index is 14.4. The van der Waals surface area contributed by atoms with E-state index in [0.717, 1.165) is 12.1 Å². The van der Waals surface area contributed by atoms with Crippen LogP contribution in [-0.4, -0.2) is 71.4 Å². The Balaban J connectivity index is 0.00000529. The van der Waals surface area contributed by atoms with Gasteiger partial charge in [0.25, 0.3) is 0 Å². The standard InChI is InChI=1S/C30H37F2N7O4.ClH/c1-16(33-5)27(40)38-25(30(2,3)4)29(42)39-11-7-8-23(39)28(41)37-22-13-18-21(14-24(22)43-6)34-15-35-26(18)36-20-10-9-17(31)12-19(20)32;/h9-10,12-16,23,25,33H,7-8,11H2,1-6H3,(H,37,41)(H,38,40)(H,34,35,36);1H/t16-,23?,25+;/m0./s1. The van der Waals surface area contributed by atoms with Crippen LogP contribution in [0.25, 0.3) is 10.9 Å². The molecule has 3 atom stereocenters. The van der Waals surface area contributed by atoms with Crippen molar-refractivity contribution in [3.63, 3.8) is 0 Å². The molecule has 1 aliphatic heterocycles. The Labute approximate surface area is 260 Å². The number of benzene rings is 2. The predicted molar refractivity (Wildman–Crippen MR) is 166 cm³/mol. The summed E-state index contributed by atoms with van der Waals surface area (Å²) in [6.07, 6.45) is 2.33. The second-order valence-corrected chi connectivity index (χ2v) is 11.5. The van der Waals surface area contributed by atoms with Gasteiger partial charge in [0.15, 0.2) is 0 Å². The number of ether oxygens (including phenoxy) is 1. The molecule has 0 spiro atoms. The van der Waals surface area contributed by atoms with Gasteiger partial charge in [-0.25, -0.2) is 18.7 Å². The van der Waals surface area contributed by atoms with Crippen LogP contribution in [0.2, 0.25) is 0 Å². The lowest BCUT2D eigenvalue weighted by molar-refractivity contribution is -0.143. The van der Waals surface area contributed by atoms with E-state index >= 15 is 0 Å². The Hall–Kier alpha value is -4.10. The molecule has 0 bridgehead atoms. The number of carbonyl (C=O) groups is 3. The largest absolute Gasteiger partial charge is 0.494 e. The average molecular weight is 634 g/mol. The highest BCUT2D eigenvalue weighted by atomic mass is 35.5. The zero-order chi connectivity index (χ0) is 31.5. The second kappa shape index (κ2) is 14.1. The minimum atomic E-state index is -0.850. The van der Waals surface area contributed by atoms with Crippen molar-refractivity contribution in [3.8, 4) is 5.75 Å². The van der Waals surface area contributed by atoms with Gasteiger partial charge in [-0.2, -0.15) is 0 Å². The molecule has 2 aromatic carbocycles. The Morgan fingerprint density at radius 3 is 2.45 bits per heavy atom. The van der Waals surface area contributed by atoms with Gasteiger partial charge in [-0.05, 0) is 50.4 Å². The fourth-order valence-electron chi connectivity index (χ4n) is 4.90. The number of methoxy groups -OCH3 is 1. The van der Waals surface area contributed by atoms with Crippen molar-refractivity contribution in [1.29, 1.82) is 0 Å². The summed E-state index contributed by atoms with van der Waals surface area (Å²) in [7, 11) is 3.10. The molecular weight excluding hydrogens is 596 g/mol. The first kappa shape index (κ1) is 34.4. The molecule has 0 saturated carbocycles. The maximum absolute atomic E-state index is 14.4. The molecule has 3 aromatic rings. The molecule has 1 aromatic heterocycles. The van der Waals surface area contributed by atoms with Gasteiger partial charge < -0.3 is 30.9 Å². The molecule has 0 radical (unpaired) electrons. The number of hydrogen-bond acceptors (Lipinski definition) is 8. The van der Waals surface area contributed by atoms with Gasteiger partial charge in [-0.15, -0.1) is 12.4 Å². The smallest absolute Gasteiger partial charge is 0.247 e. The number of hydrogen-bond donors (Lipinski definition) is 4. The summed E-state index contributed by atoms with van der Waals surface area (Å²) in [4.78, 5) is 50.1. The summed E-state index contributed by atoms with van der Waals surface area (Å²) in [5.41, 5.74) is 0.138. The number of likely N-dealkylation sites (tertiary alicyclic amines) is 1. The van der Waals surface area contributed by atoms with Gasteiger partial charge in [0, 0.05) is 24.1 Å². The molecule has 14 heteroatoms. The zero-order valence-electron chi connectivity index (χ0n) is 25.5. The molecule has 1 fully saturated rings. The van der Waals surface area contributed by atoms with E-state index < -0.39 is 41.1 Å². The van der Waals surface area contributed by atoms with Gasteiger partial charge in [0.1, 0.15) is 41.6 Å². The summed E-state index contributed by atoms with van der Waals surface area (Å²) in [5.74, 6) is -2.06. The zero-order valence-corrected chi connectivity index (χ0v) is 26.3. The Morgan fingerprint density at radius 2 is 1.82 bits per heavy atom. The number of nitrogens with zero attached hydrogens (tertiary/aromatic N) is 3. The minimum Gasteiger partial charge on any atom is -0.494 e. The van der Waals surface area contributed by atoms with Gasteiger partial charge in [0.05, 0.1) is 30.0 Å². The van der Waals surface area contributed by atoms with Crippen LogP contribution in [0.15, 0.2) is 36.7 Å². The van der Waals surface area contributed by atoms with E-state index in [0.29, 0.717) is 41.7 Å². The monoisotopic (exact) mass is 633 g/mol. The second-order valence-electron chi connectivity index (χ2n) is 11.5. The third-order valence-electron chi connectivity index (χ3n) is 7.46. The van der Waals surface area contributed by atoms with Crippen LogP contribution in [0, 0.1) is 17.0 Å². The Bertz CT molecular complexity index is 1540. The first-order valence-electron chi connectivity index (χ1n) is 14.0. The quantitative estimate of drug-likeness (QED) is 0.276. The van der Waals surface area contributed by atoms with Gasteiger partial charge in [0.2, 0.25) is 17.7 Å². The molecule has 0 aliphatic carbocycles. The SMILES string of the molecule is CN[C@@H](C)C(=O)N[C@H](C(=O)N1CCCC1C(=O)Nc1cc2c(Nc3ccc(F)cc3F)ncnc2cc1OC)C(C)(C)C.Cl. The van der Waals surface area contributed by atoms with Crippen molar-refractivity contribution in [2.45, 2.75) is 58.7 Å². The summed E-state index contributed by atoms with van der Waals surface area (Å²) in [6, 6.07) is 4.19. The molecule has 238 valence electrons. The van der Waals surface area contributed by atoms with Crippen LogP contribution in [-0.2, 0) is 14.4 Å². The highest BCUT2D eigenvalue weighted by Gasteiger charge is 2.42. The van der Waals surface area contributed by atoms with Crippen LogP contribution in [0.1, 0.15) is 40.5 Å². The molecule has 1 unspecified atom stereocenters. The van der Waals surface area contributed by atoms with Crippen molar-refractivity contribution < 1.29 is 27.9 Å². The van der Waals surface area contributed by atoms with Crippen LogP contribution in [0.4, 0.5) is 26.0 Å². The Kier molecular flexibility index (Phi) is 11.0. The number of likely N-dealkylation sites (N-methyl/N-ethyl adjacent to an activating group) is 1. The predicted octanol–water partition coefficient (Wildman–Crippen LogP) is 4.15. The molecule has 11 nitrogen and oxygen atoms in total. The first-order valence-corrected chi connectivity index (χ1v) is 14.0. The number of anilines is 3. The van der Waals surface area contributed by atoms with Crippen LogP contribution < -0.4 is 26.0 Å². The lowest BCUT2D eigenvalue weighted by atomic mass is 9.85. The minimum absolute atomic E-state index is 0. The van der Waals surface area contributed by atoms with E-state index in [1.165, 1.54) is 24.4 Å². The van der Waals surface area contributed by atoms with E-state index in [9.17, 15) is 23.2 Å². The van der Waals surface area contributed by atoms with Crippen LogP contribution >= 0.6 is 12.4 Å². The number of fused-ring (bicyclic) bond motifs is 1. The molecule has 4 N–H and O–H groups in total. The molecular formula is C30H38ClF2N7O4. The van der Waals surface area contributed by atoms with Gasteiger partial charge >= 0.3 is 0 Å². The van der Waals surface area contributed by atoms with Gasteiger partial charge in [-0.1, -0.05) is 20.8 Å². The fraction of sp³-hybridized carbons (Fsp3) is 0.433.